The third kappa shape index (κ3) is 9.44. The highest BCUT2D eigenvalue weighted by Crippen LogP contribution is 2.43. The van der Waals surface area contributed by atoms with Crippen LogP contribution in [0.4, 0.5) is 4.79 Å². The van der Waals surface area contributed by atoms with Crippen LogP contribution in [-0.2, 0) is 48.1 Å². The van der Waals surface area contributed by atoms with Gasteiger partial charge in [0.2, 0.25) is 0 Å². The van der Waals surface area contributed by atoms with Crippen LogP contribution in [0, 0.1) is 5.92 Å². The molecule has 0 unspecified atom stereocenters. The Morgan fingerprint density at radius 2 is 1.53 bits per heavy atom. The predicted molar refractivity (Wildman–Crippen MR) is 206 cm³/mol. The van der Waals surface area contributed by atoms with Crippen molar-refractivity contribution in [3.8, 4) is 11.1 Å². The molecule has 4 aromatic rings. The molecule has 0 aromatic heterocycles. The van der Waals surface area contributed by atoms with Crippen LogP contribution in [0.5, 0.6) is 0 Å². The molecule has 0 saturated carbocycles. The van der Waals surface area contributed by atoms with Gasteiger partial charge in [0.25, 0.3) is 0 Å². The Balaban J connectivity index is 1.04. The van der Waals surface area contributed by atoms with Crippen LogP contribution in [0.2, 0.25) is 0 Å². The Morgan fingerprint density at radius 1 is 0.855 bits per heavy atom. The quantitative estimate of drug-likeness (QED) is 0.148. The maximum absolute atomic E-state index is 13.0. The van der Waals surface area contributed by atoms with Gasteiger partial charge in [-0.2, -0.15) is 0 Å². The molecule has 11 nitrogen and oxygen atoms in total. The molecule has 290 valence electrons. The Morgan fingerprint density at radius 3 is 2.22 bits per heavy atom. The number of rotatable bonds is 12. The minimum atomic E-state index is -0.824. The maximum Gasteiger partial charge on any atom is 0.328 e. The molecular formula is C44H51N3O8. The van der Waals surface area contributed by atoms with Crippen LogP contribution < -0.4 is 10.6 Å². The van der Waals surface area contributed by atoms with Crippen molar-refractivity contribution in [2.24, 2.45) is 5.92 Å². The lowest BCUT2D eigenvalue weighted by atomic mass is 9.89. The van der Waals surface area contributed by atoms with Gasteiger partial charge in [-0.3, -0.25) is 0 Å². The zero-order chi connectivity index (χ0) is 38.2. The van der Waals surface area contributed by atoms with Crippen molar-refractivity contribution < 1.29 is 38.4 Å². The van der Waals surface area contributed by atoms with Gasteiger partial charge in [-0.05, 0) is 33.4 Å². The number of urea groups is 1. The fraction of sp³-hybridized carbons (Fsp3) is 0.409. The molecule has 1 spiro atoms. The summed E-state index contributed by atoms with van der Waals surface area (Å²) in [5.41, 5.74) is 6.60. The lowest BCUT2D eigenvalue weighted by molar-refractivity contribution is -0.278. The van der Waals surface area contributed by atoms with Crippen LogP contribution in [0.1, 0.15) is 60.0 Å². The predicted octanol–water partition coefficient (Wildman–Crippen LogP) is 6.06. The van der Waals surface area contributed by atoms with E-state index in [0.717, 1.165) is 71.4 Å². The molecule has 3 N–H and O–H groups in total. The molecule has 4 aromatic carbocycles. The van der Waals surface area contributed by atoms with E-state index < -0.39 is 30.1 Å². The van der Waals surface area contributed by atoms with Crippen LogP contribution >= 0.6 is 0 Å². The van der Waals surface area contributed by atoms with E-state index >= 15 is 0 Å². The number of likely N-dealkylation sites (tertiary alicyclic amines) is 1. The van der Waals surface area contributed by atoms with Crippen LogP contribution in [0.15, 0.2) is 103 Å². The van der Waals surface area contributed by atoms with Crippen molar-refractivity contribution >= 4 is 12.0 Å². The highest BCUT2D eigenvalue weighted by Gasteiger charge is 2.43. The van der Waals surface area contributed by atoms with Gasteiger partial charge in [0.1, 0.15) is 6.04 Å². The number of methoxy groups -OCH3 is 1. The first-order valence-electron chi connectivity index (χ1n) is 19.2. The van der Waals surface area contributed by atoms with Crippen molar-refractivity contribution in [3.63, 3.8) is 0 Å². The normalized spacial score (nSPS) is 22.9. The Labute approximate surface area is 322 Å². The molecule has 0 aliphatic carbocycles. The van der Waals surface area contributed by atoms with Gasteiger partial charge in [-0.1, -0.05) is 110 Å². The number of amides is 2. The van der Waals surface area contributed by atoms with Crippen molar-refractivity contribution in [1.29, 1.82) is 0 Å². The molecule has 2 amide bonds. The number of ether oxygens (including phenoxy) is 5. The molecule has 0 bridgehead atoms. The molecule has 5 atom stereocenters. The zero-order valence-corrected chi connectivity index (χ0v) is 31.5. The third-order valence-corrected chi connectivity index (χ3v) is 11.0. The molecule has 3 saturated heterocycles. The van der Waals surface area contributed by atoms with Gasteiger partial charge in [0.15, 0.2) is 12.1 Å². The van der Waals surface area contributed by atoms with Gasteiger partial charge in [-0.25, -0.2) is 9.59 Å². The number of nitrogens with zero attached hydrogens (tertiary/aromatic N) is 1. The Hall–Kier alpha value is -4.62. The number of esters is 1. The number of carbonyl (C=O) groups excluding carboxylic acids is 2. The van der Waals surface area contributed by atoms with E-state index in [9.17, 15) is 14.7 Å². The molecule has 3 heterocycles. The summed E-state index contributed by atoms with van der Waals surface area (Å²) in [7, 11) is 1.31. The standard InChI is InChI=1S/C44H51N3O8/c1-30-39(28-47-22-20-44(21-23-47)52-24-25-53-44)54-42(55-40(30)34-14-12-32(29-48)13-15-34)35-18-16-33(17-19-35)37-11-7-6-10-36(37)27-45-43(50)46-38(41(49)51-2)26-31-8-4-3-5-9-31/h3-19,30,38-40,42,48H,20-29H2,1-2H3,(H2,45,46,50)/t30-,38-,39+,40+,42+/m0/s1. The minimum absolute atomic E-state index is 0.0110. The molecular weight excluding hydrogens is 698 g/mol. The first-order chi connectivity index (χ1) is 26.8. The van der Waals surface area contributed by atoms with E-state index in [4.69, 9.17) is 23.7 Å². The number of nitrogens with one attached hydrogen (secondary N) is 2. The maximum atomic E-state index is 13.0. The summed E-state index contributed by atoms with van der Waals surface area (Å²) in [6.45, 7) is 6.26. The van der Waals surface area contributed by atoms with Crippen molar-refractivity contribution in [3.05, 3.63) is 131 Å². The lowest BCUT2D eigenvalue weighted by Crippen LogP contribution is -2.50. The number of carbonyl (C=O) groups is 2. The van der Waals surface area contributed by atoms with E-state index in [2.05, 4.69) is 34.6 Å². The van der Waals surface area contributed by atoms with Crippen molar-refractivity contribution in [2.75, 3.05) is 40.0 Å². The van der Waals surface area contributed by atoms with Gasteiger partial charge < -0.3 is 44.3 Å². The molecule has 55 heavy (non-hydrogen) atoms. The SMILES string of the molecule is COC(=O)[C@H](Cc1ccccc1)NC(=O)NCc1ccccc1-c1ccc([C@@H]2O[C@H](CN3CCC4(CC3)OCCO4)[C@H](C)[C@H](c3ccc(CO)cc3)O2)cc1. The number of piperidine rings is 1. The summed E-state index contributed by atoms with van der Waals surface area (Å²) >= 11 is 0. The smallest absolute Gasteiger partial charge is 0.328 e. The monoisotopic (exact) mass is 749 g/mol. The Bertz CT molecular complexity index is 1860. The molecule has 3 aliphatic rings. The van der Waals surface area contributed by atoms with Crippen molar-refractivity contribution in [2.45, 2.75) is 69.7 Å². The summed E-state index contributed by atoms with van der Waals surface area (Å²) in [4.78, 5) is 27.9. The van der Waals surface area contributed by atoms with Gasteiger partial charge >= 0.3 is 12.0 Å². The van der Waals surface area contributed by atoms with Crippen molar-refractivity contribution in [1.82, 2.24) is 15.5 Å². The van der Waals surface area contributed by atoms with E-state index in [1.807, 2.05) is 91.0 Å². The zero-order valence-electron chi connectivity index (χ0n) is 31.5. The van der Waals surface area contributed by atoms with Crippen LogP contribution in [0.3, 0.4) is 0 Å². The second-order valence-electron chi connectivity index (χ2n) is 14.6. The molecule has 11 heteroatoms. The highest BCUT2D eigenvalue weighted by atomic mass is 16.7. The summed E-state index contributed by atoms with van der Waals surface area (Å²) in [6, 6.07) is 32.3. The average molecular weight is 750 g/mol. The molecule has 0 radical (unpaired) electrons. The topological polar surface area (TPSA) is 128 Å². The Kier molecular flexibility index (Phi) is 12.6. The first-order valence-corrected chi connectivity index (χ1v) is 19.2. The number of hydrogen-bond acceptors (Lipinski definition) is 9. The van der Waals surface area contributed by atoms with Gasteiger partial charge in [-0.15, -0.1) is 0 Å². The largest absolute Gasteiger partial charge is 0.467 e. The number of hydrogen-bond donors (Lipinski definition) is 3. The van der Waals surface area contributed by atoms with E-state index in [1.165, 1.54) is 7.11 Å². The number of aliphatic hydroxyl groups excluding tert-OH is 1. The summed E-state index contributed by atoms with van der Waals surface area (Å²) in [5.74, 6) is -0.869. The fourth-order valence-electron chi connectivity index (χ4n) is 7.79. The number of benzene rings is 4. The third-order valence-electron chi connectivity index (χ3n) is 11.0. The van der Waals surface area contributed by atoms with Crippen LogP contribution in [0.25, 0.3) is 11.1 Å². The van der Waals surface area contributed by atoms with Crippen LogP contribution in [-0.4, -0.2) is 79.9 Å². The lowest BCUT2D eigenvalue weighted by Gasteiger charge is -2.44. The molecule has 3 aliphatic heterocycles. The first kappa shape index (κ1) is 38.6. The fourth-order valence-corrected chi connectivity index (χ4v) is 7.79. The summed E-state index contributed by atoms with van der Waals surface area (Å²) in [6.07, 6.45) is 1.10. The second kappa shape index (κ2) is 17.9. The average Bonchev–Trinajstić information content (AvgIpc) is 3.69. The second-order valence-corrected chi connectivity index (χ2v) is 14.6. The van der Waals surface area contributed by atoms with E-state index in [0.29, 0.717) is 19.6 Å². The highest BCUT2D eigenvalue weighted by molar-refractivity contribution is 5.84. The summed E-state index contributed by atoms with van der Waals surface area (Å²) in [5, 5.41) is 15.3. The van der Waals surface area contributed by atoms with E-state index in [1.54, 1.807) is 0 Å². The summed E-state index contributed by atoms with van der Waals surface area (Å²) < 4.78 is 30.4. The minimum Gasteiger partial charge on any atom is -0.467 e. The number of aliphatic hydroxyl groups is 1. The molecule has 3 fully saturated rings. The van der Waals surface area contributed by atoms with Gasteiger partial charge in [0.05, 0.1) is 39.1 Å². The van der Waals surface area contributed by atoms with E-state index in [-0.39, 0.29) is 31.3 Å². The molecule has 7 rings (SSSR count). The van der Waals surface area contributed by atoms with Gasteiger partial charge in [0, 0.05) is 56.9 Å².